The van der Waals surface area contributed by atoms with E-state index in [1.54, 1.807) is 12.6 Å². The highest BCUT2D eigenvalue weighted by Gasteiger charge is 2.22. The van der Waals surface area contributed by atoms with Crippen LogP contribution in [0.3, 0.4) is 0 Å². The smallest absolute Gasteiger partial charge is 0.251 e. The molecule has 0 spiro atoms. The number of pyridine rings is 1. The number of para-hydroxylation sites is 1. The zero-order valence-corrected chi connectivity index (χ0v) is 13.4. The molecule has 0 saturated carbocycles. The monoisotopic (exact) mass is 326 g/mol. The van der Waals surface area contributed by atoms with E-state index in [2.05, 4.69) is 15.2 Å². The Morgan fingerprint density at radius 1 is 1.26 bits per heavy atom. The normalized spacial score (nSPS) is 10.5. The van der Waals surface area contributed by atoms with E-state index in [0.717, 1.165) is 11.3 Å². The van der Waals surface area contributed by atoms with E-state index in [1.807, 2.05) is 37.3 Å². The highest BCUT2D eigenvalue weighted by molar-refractivity contribution is 7.12. The molecule has 0 unspecified atom stereocenters. The highest BCUT2D eigenvalue weighted by Crippen LogP contribution is 2.36. The highest BCUT2D eigenvalue weighted by atomic mass is 32.1. The van der Waals surface area contributed by atoms with Crippen LogP contribution < -0.4 is 10.5 Å². The number of aryl methyl sites for hydroxylation is 1. The summed E-state index contributed by atoms with van der Waals surface area (Å²) < 4.78 is 5.41. The number of ether oxygens (including phenoxy) is 1. The number of rotatable bonds is 4. The molecule has 116 valence electrons. The van der Waals surface area contributed by atoms with Gasteiger partial charge in [-0.05, 0) is 19.1 Å². The molecular formula is C16H14N4O2S. The second kappa shape index (κ2) is 6.13. The summed E-state index contributed by atoms with van der Waals surface area (Å²) in [7, 11) is 1.59. The number of hydrogen-bond donors (Lipinski definition) is 1. The minimum Gasteiger partial charge on any atom is -0.496 e. The van der Waals surface area contributed by atoms with Gasteiger partial charge in [0.05, 0.1) is 12.7 Å². The largest absolute Gasteiger partial charge is 0.496 e. The van der Waals surface area contributed by atoms with Crippen LogP contribution in [0.2, 0.25) is 0 Å². The number of amides is 1. The van der Waals surface area contributed by atoms with Crippen molar-refractivity contribution in [3.05, 3.63) is 47.1 Å². The predicted octanol–water partition coefficient (Wildman–Crippen LogP) is 2.68. The standard InChI is InChI=1S/C16H14N4O2S/c1-9-7-11(10-5-3-4-6-12(10)22-2)13(15(17)21)14(19-9)16-20-18-8-23-16/h3-8H,1-2H3,(H2,17,21). The van der Waals surface area contributed by atoms with Crippen molar-refractivity contribution in [1.82, 2.24) is 15.2 Å². The van der Waals surface area contributed by atoms with Gasteiger partial charge in [-0.3, -0.25) is 4.79 Å². The van der Waals surface area contributed by atoms with Crippen LogP contribution in [0.5, 0.6) is 5.75 Å². The van der Waals surface area contributed by atoms with Crippen molar-refractivity contribution in [1.29, 1.82) is 0 Å². The third-order valence-corrected chi connectivity index (χ3v) is 4.05. The summed E-state index contributed by atoms with van der Waals surface area (Å²) in [4.78, 5) is 16.6. The Hall–Kier alpha value is -2.80. The van der Waals surface area contributed by atoms with E-state index in [1.165, 1.54) is 11.3 Å². The molecule has 0 bridgehead atoms. The Morgan fingerprint density at radius 3 is 2.70 bits per heavy atom. The van der Waals surface area contributed by atoms with Crippen LogP contribution in [0.15, 0.2) is 35.8 Å². The van der Waals surface area contributed by atoms with Gasteiger partial charge in [0.1, 0.15) is 17.0 Å². The van der Waals surface area contributed by atoms with Crippen LogP contribution in [0.25, 0.3) is 21.8 Å². The predicted molar refractivity (Wildman–Crippen MR) is 88.4 cm³/mol. The Labute approximate surface area is 137 Å². The molecule has 3 rings (SSSR count). The van der Waals surface area contributed by atoms with Crippen LogP contribution in [0, 0.1) is 6.92 Å². The maximum atomic E-state index is 12.1. The Balaban J connectivity index is 2.35. The minimum absolute atomic E-state index is 0.317. The first-order valence-electron chi connectivity index (χ1n) is 6.83. The molecule has 0 aliphatic rings. The van der Waals surface area contributed by atoms with Gasteiger partial charge >= 0.3 is 0 Å². The molecule has 7 heteroatoms. The number of hydrogen-bond acceptors (Lipinski definition) is 6. The lowest BCUT2D eigenvalue weighted by Gasteiger charge is -2.14. The van der Waals surface area contributed by atoms with E-state index >= 15 is 0 Å². The average molecular weight is 326 g/mol. The zero-order valence-electron chi connectivity index (χ0n) is 12.6. The van der Waals surface area contributed by atoms with Crippen molar-refractivity contribution >= 4 is 17.2 Å². The van der Waals surface area contributed by atoms with E-state index in [-0.39, 0.29) is 0 Å². The van der Waals surface area contributed by atoms with Gasteiger partial charge in [-0.1, -0.05) is 29.5 Å². The number of nitrogens with two attached hydrogens (primary N) is 1. The molecule has 0 aliphatic heterocycles. The van der Waals surface area contributed by atoms with Crippen molar-refractivity contribution in [2.24, 2.45) is 5.73 Å². The molecule has 6 nitrogen and oxygen atoms in total. The molecular weight excluding hydrogens is 312 g/mol. The quantitative estimate of drug-likeness (QED) is 0.796. The van der Waals surface area contributed by atoms with E-state index in [9.17, 15) is 4.79 Å². The Morgan fingerprint density at radius 2 is 2.04 bits per heavy atom. The van der Waals surface area contributed by atoms with Crippen LogP contribution in [-0.4, -0.2) is 28.2 Å². The van der Waals surface area contributed by atoms with Gasteiger partial charge in [-0.2, -0.15) is 0 Å². The number of carbonyl (C=O) groups excluding carboxylic acids is 1. The summed E-state index contributed by atoms with van der Waals surface area (Å²) in [6.45, 7) is 1.86. The van der Waals surface area contributed by atoms with Crippen LogP contribution in [0.1, 0.15) is 16.1 Å². The fourth-order valence-corrected chi connectivity index (χ4v) is 2.98. The molecule has 1 amide bonds. The van der Waals surface area contributed by atoms with E-state index in [0.29, 0.717) is 27.6 Å². The average Bonchev–Trinajstić information content (AvgIpc) is 3.08. The van der Waals surface area contributed by atoms with Crippen LogP contribution in [-0.2, 0) is 0 Å². The first-order valence-corrected chi connectivity index (χ1v) is 7.71. The summed E-state index contributed by atoms with van der Waals surface area (Å²) in [6, 6.07) is 9.28. The van der Waals surface area contributed by atoms with E-state index < -0.39 is 5.91 Å². The van der Waals surface area contributed by atoms with Crippen molar-refractivity contribution in [2.45, 2.75) is 6.92 Å². The molecule has 0 saturated heterocycles. The third kappa shape index (κ3) is 2.78. The minimum atomic E-state index is -0.566. The number of methoxy groups -OCH3 is 1. The van der Waals surface area contributed by atoms with E-state index in [4.69, 9.17) is 10.5 Å². The third-order valence-electron chi connectivity index (χ3n) is 3.35. The molecule has 2 heterocycles. The zero-order chi connectivity index (χ0) is 16.4. The van der Waals surface area contributed by atoms with Gasteiger partial charge < -0.3 is 10.5 Å². The second-order valence-electron chi connectivity index (χ2n) is 4.84. The van der Waals surface area contributed by atoms with Crippen molar-refractivity contribution in [2.75, 3.05) is 7.11 Å². The van der Waals surface area contributed by atoms with Gasteiger partial charge in [0, 0.05) is 16.8 Å². The number of nitrogens with zero attached hydrogens (tertiary/aromatic N) is 3. The summed E-state index contributed by atoms with van der Waals surface area (Å²) in [6.07, 6.45) is 0. The van der Waals surface area contributed by atoms with Gasteiger partial charge in [-0.15, -0.1) is 10.2 Å². The van der Waals surface area contributed by atoms with Gasteiger partial charge in [0.15, 0.2) is 5.01 Å². The van der Waals surface area contributed by atoms with Gasteiger partial charge in [0.25, 0.3) is 5.91 Å². The molecule has 2 N–H and O–H groups in total. The Kier molecular flexibility index (Phi) is 4.03. The number of aromatic nitrogens is 3. The molecule has 0 radical (unpaired) electrons. The molecule has 3 aromatic rings. The van der Waals surface area contributed by atoms with Crippen molar-refractivity contribution in [3.63, 3.8) is 0 Å². The lowest BCUT2D eigenvalue weighted by atomic mass is 9.96. The molecule has 0 aliphatic carbocycles. The maximum Gasteiger partial charge on any atom is 0.251 e. The number of carbonyl (C=O) groups is 1. The molecule has 0 fully saturated rings. The number of primary amides is 1. The first-order chi connectivity index (χ1) is 11.1. The summed E-state index contributed by atoms with van der Waals surface area (Å²) in [5, 5.41) is 8.39. The fourth-order valence-electron chi connectivity index (χ4n) is 2.43. The van der Waals surface area contributed by atoms with Gasteiger partial charge in [0.2, 0.25) is 0 Å². The lowest BCUT2D eigenvalue weighted by Crippen LogP contribution is -2.15. The first kappa shape index (κ1) is 15.1. The SMILES string of the molecule is COc1ccccc1-c1cc(C)nc(-c2nncs2)c1C(N)=O. The van der Waals surface area contributed by atoms with Crippen LogP contribution >= 0.6 is 11.3 Å². The van der Waals surface area contributed by atoms with Crippen molar-refractivity contribution in [3.8, 4) is 27.6 Å². The number of benzene rings is 1. The molecule has 1 aromatic carbocycles. The fraction of sp³-hybridized carbons (Fsp3) is 0.125. The van der Waals surface area contributed by atoms with Gasteiger partial charge in [-0.25, -0.2) is 4.98 Å². The van der Waals surface area contributed by atoms with Crippen molar-refractivity contribution < 1.29 is 9.53 Å². The Bertz CT molecular complexity index is 863. The topological polar surface area (TPSA) is 91.0 Å². The second-order valence-corrected chi connectivity index (χ2v) is 5.68. The summed E-state index contributed by atoms with van der Waals surface area (Å²) in [5.74, 6) is 0.0902. The lowest BCUT2D eigenvalue weighted by molar-refractivity contribution is 0.100. The molecule has 23 heavy (non-hydrogen) atoms. The summed E-state index contributed by atoms with van der Waals surface area (Å²) >= 11 is 1.31. The van der Waals surface area contributed by atoms with Crippen LogP contribution in [0.4, 0.5) is 0 Å². The maximum absolute atomic E-state index is 12.1. The summed E-state index contributed by atoms with van der Waals surface area (Å²) in [5.41, 5.74) is 10.2. The molecule has 0 atom stereocenters. The molecule has 2 aromatic heterocycles.